The first-order valence-corrected chi connectivity index (χ1v) is 2.25. The number of rotatable bonds is 1. The summed E-state index contributed by atoms with van der Waals surface area (Å²) in [5.41, 5.74) is 0. The lowest BCUT2D eigenvalue weighted by Crippen LogP contribution is -1.96. The third-order valence-electron chi connectivity index (χ3n) is 0.895. The molecule has 1 aromatic heterocycles. The second kappa shape index (κ2) is 1.85. The summed E-state index contributed by atoms with van der Waals surface area (Å²) in [5, 5.41) is 9.99. The Bertz CT molecular complexity index is 229. The SMILES string of the molecule is Cn1[c]cnc1[N+](=O)[O-]. The number of aromatic nitrogens is 2. The molecule has 0 atom stereocenters. The number of nitrogens with zero attached hydrogens (tertiary/aromatic N) is 3. The molecule has 0 aliphatic rings. The van der Waals surface area contributed by atoms with Gasteiger partial charge in [0.25, 0.3) is 0 Å². The zero-order chi connectivity index (χ0) is 6.85. The van der Waals surface area contributed by atoms with Crippen LogP contribution < -0.4 is 0 Å². The quantitative estimate of drug-likeness (QED) is 0.397. The Kier molecular flexibility index (Phi) is 1.18. The van der Waals surface area contributed by atoms with Gasteiger partial charge < -0.3 is 10.1 Å². The highest BCUT2D eigenvalue weighted by atomic mass is 16.6. The molecule has 0 aliphatic carbocycles. The summed E-state index contributed by atoms with van der Waals surface area (Å²) < 4.78 is 1.22. The minimum absolute atomic E-state index is 0.185. The summed E-state index contributed by atoms with van der Waals surface area (Å²) in [5.74, 6) is -0.185. The van der Waals surface area contributed by atoms with Crippen LogP contribution in [0.4, 0.5) is 5.95 Å². The minimum atomic E-state index is -0.559. The van der Waals surface area contributed by atoms with Crippen LogP contribution in [0.15, 0.2) is 6.20 Å². The molecule has 0 saturated carbocycles. The number of hydrogen-bond acceptors (Lipinski definition) is 3. The van der Waals surface area contributed by atoms with E-state index in [1.165, 1.54) is 17.8 Å². The summed E-state index contributed by atoms with van der Waals surface area (Å²) in [7, 11) is 1.52. The molecular formula is C4H4N3O2. The van der Waals surface area contributed by atoms with Crippen molar-refractivity contribution in [2.45, 2.75) is 0 Å². The molecule has 0 fully saturated rings. The maximum absolute atomic E-state index is 9.99. The fourth-order valence-corrected chi connectivity index (χ4v) is 0.487. The Balaban J connectivity index is 3.08. The van der Waals surface area contributed by atoms with Gasteiger partial charge in [0, 0.05) is 0 Å². The van der Waals surface area contributed by atoms with E-state index < -0.39 is 4.92 Å². The first kappa shape index (κ1) is 5.74. The molecule has 5 heteroatoms. The first-order valence-electron chi connectivity index (χ1n) is 2.25. The zero-order valence-corrected chi connectivity index (χ0v) is 4.74. The molecule has 0 aliphatic heterocycles. The third kappa shape index (κ3) is 0.883. The van der Waals surface area contributed by atoms with Crippen LogP contribution in [0.25, 0.3) is 0 Å². The van der Waals surface area contributed by atoms with E-state index in [0.29, 0.717) is 0 Å². The molecule has 0 saturated heterocycles. The standard InChI is InChI=1S/C4H4N3O2/c1-6-3-2-5-4(6)7(8)9/h2H,1H3. The average molecular weight is 126 g/mol. The molecule has 0 N–H and O–H groups in total. The van der Waals surface area contributed by atoms with Gasteiger partial charge in [0.15, 0.2) is 6.20 Å². The topological polar surface area (TPSA) is 61.0 Å². The van der Waals surface area contributed by atoms with Crippen LogP contribution in [0.1, 0.15) is 0 Å². The Morgan fingerprint density at radius 2 is 2.67 bits per heavy atom. The van der Waals surface area contributed by atoms with Gasteiger partial charge in [-0.2, -0.15) is 0 Å². The van der Waals surface area contributed by atoms with Gasteiger partial charge in [-0.25, -0.2) is 4.57 Å². The van der Waals surface area contributed by atoms with Crippen LogP contribution in [0.5, 0.6) is 0 Å². The van der Waals surface area contributed by atoms with Gasteiger partial charge in [-0.3, -0.25) is 0 Å². The molecule has 1 rings (SSSR count). The highest BCUT2D eigenvalue weighted by molar-refractivity contribution is 5.03. The number of imidazole rings is 1. The molecule has 0 spiro atoms. The zero-order valence-electron chi connectivity index (χ0n) is 4.74. The van der Waals surface area contributed by atoms with E-state index in [0.717, 1.165) is 0 Å². The Morgan fingerprint density at radius 1 is 2.00 bits per heavy atom. The number of nitro groups is 1. The van der Waals surface area contributed by atoms with Crippen LogP contribution in [0, 0.1) is 16.3 Å². The number of aryl methyl sites for hydroxylation is 1. The summed E-state index contributed by atoms with van der Waals surface area (Å²) in [6.07, 6.45) is 3.78. The van der Waals surface area contributed by atoms with E-state index in [9.17, 15) is 10.1 Å². The largest absolute Gasteiger partial charge is 0.434 e. The van der Waals surface area contributed by atoms with E-state index in [4.69, 9.17) is 0 Å². The van der Waals surface area contributed by atoms with Crippen molar-refractivity contribution in [1.29, 1.82) is 0 Å². The van der Waals surface area contributed by atoms with E-state index in [-0.39, 0.29) is 5.95 Å². The predicted molar refractivity (Wildman–Crippen MR) is 28.7 cm³/mol. The predicted octanol–water partition coefficient (Wildman–Crippen LogP) is 0.128. The fourth-order valence-electron chi connectivity index (χ4n) is 0.487. The third-order valence-corrected chi connectivity index (χ3v) is 0.895. The van der Waals surface area contributed by atoms with Crippen LogP contribution in [-0.2, 0) is 7.05 Å². The lowest BCUT2D eigenvalue weighted by atomic mass is 10.9. The number of hydrogen-bond donors (Lipinski definition) is 0. The van der Waals surface area contributed by atoms with Crippen LogP contribution in [0.2, 0.25) is 0 Å². The second-order valence-corrected chi connectivity index (χ2v) is 1.50. The lowest BCUT2D eigenvalue weighted by molar-refractivity contribution is -0.396. The van der Waals surface area contributed by atoms with E-state index in [1.54, 1.807) is 0 Å². The molecule has 9 heavy (non-hydrogen) atoms. The van der Waals surface area contributed by atoms with Gasteiger partial charge in [-0.05, 0) is 4.92 Å². The van der Waals surface area contributed by atoms with Gasteiger partial charge >= 0.3 is 5.95 Å². The maximum Gasteiger partial charge on any atom is 0.434 e. The molecule has 47 valence electrons. The van der Waals surface area contributed by atoms with E-state index in [1.807, 2.05) is 0 Å². The second-order valence-electron chi connectivity index (χ2n) is 1.50. The molecule has 0 unspecified atom stereocenters. The first-order chi connectivity index (χ1) is 4.22. The van der Waals surface area contributed by atoms with E-state index in [2.05, 4.69) is 11.2 Å². The van der Waals surface area contributed by atoms with Gasteiger partial charge in [0.1, 0.15) is 6.20 Å². The van der Waals surface area contributed by atoms with Crippen molar-refractivity contribution in [3.8, 4) is 0 Å². The Labute approximate surface area is 51.1 Å². The summed E-state index contributed by atoms with van der Waals surface area (Å²) in [6.45, 7) is 0. The molecule has 0 bridgehead atoms. The molecule has 0 amide bonds. The molecular weight excluding hydrogens is 122 g/mol. The summed E-state index contributed by atoms with van der Waals surface area (Å²) in [6, 6.07) is 0. The van der Waals surface area contributed by atoms with E-state index >= 15 is 0 Å². The maximum atomic E-state index is 9.99. The van der Waals surface area contributed by atoms with Gasteiger partial charge in [-0.1, -0.05) is 4.98 Å². The smallest absolute Gasteiger partial charge is 0.390 e. The Hall–Kier alpha value is -1.39. The van der Waals surface area contributed by atoms with Crippen LogP contribution in [0.3, 0.4) is 0 Å². The summed E-state index contributed by atoms with van der Waals surface area (Å²) >= 11 is 0. The van der Waals surface area contributed by atoms with Gasteiger partial charge in [0.05, 0.1) is 7.05 Å². The van der Waals surface area contributed by atoms with Gasteiger partial charge in [0.2, 0.25) is 0 Å². The van der Waals surface area contributed by atoms with Crippen LogP contribution >= 0.6 is 0 Å². The average Bonchev–Trinajstić information content (AvgIpc) is 2.13. The highest BCUT2D eigenvalue weighted by Gasteiger charge is 2.08. The van der Waals surface area contributed by atoms with Crippen molar-refractivity contribution in [3.05, 3.63) is 22.5 Å². The van der Waals surface area contributed by atoms with Crippen molar-refractivity contribution in [1.82, 2.24) is 9.55 Å². The van der Waals surface area contributed by atoms with Gasteiger partial charge in [-0.15, -0.1) is 0 Å². The highest BCUT2D eigenvalue weighted by Crippen LogP contribution is 2.01. The molecule has 1 heterocycles. The minimum Gasteiger partial charge on any atom is -0.390 e. The fraction of sp³-hybridized carbons (Fsp3) is 0.250. The summed E-state index contributed by atoms with van der Waals surface area (Å²) in [4.78, 5) is 12.8. The van der Waals surface area contributed by atoms with Crippen molar-refractivity contribution >= 4 is 5.95 Å². The monoisotopic (exact) mass is 126 g/mol. The Morgan fingerprint density at radius 3 is 2.89 bits per heavy atom. The molecule has 1 radical (unpaired) electrons. The van der Waals surface area contributed by atoms with Crippen molar-refractivity contribution in [2.24, 2.45) is 7.05 Å². The molecule has 5 nitrogen and oxygen atoms in total. The normalized spacial score (nSPS) is 9.44. The van der Waals surface area contributed by atoms with Crippen molar-refractivity contribution < 1.29 is 4.92 Å². The van der Waals surface area contributed by atoms with Crippen molar-refractivity contribution in [3.63, 3.8) is 0 Å². The lowest BCUT2D eigenvalue weighted by Gasteiger charge is -1.90. The van der Waals surface area contributed by atoms with Crippen molar-refractivity contribution in [2.75, 3.05) is 0 Å². The van der Waals surface area contributed by atoms with Crippen LogP contribution in [-0.4, -0.2) is 14.5 Å². The molecule has 0 aromatic carbocycles. The molecule has 1 aromatic rings.